The molecular weight excluding hydrogens is 256 g/mol. The van der Waals surface area contributed by atoms with Crippen molar-refractivity contribution in [3.8, 4) is 6.07 Å². The van der Waals surface area contributed by atoms with E-state index in [4.69, 9.17) is 5.26 Å². The van der Waals surface area contributed by atoms with Gasteiger partial charge in [-0.1, -0.05) is 11.6 Å². The van der Waals surface area contributed by atoms with Crippen LogP contribution in [0.15, 0.2) is 24.4 Å². The van der Waals surface area contributed by atoms with Crippen molar-refractivity contribution in [1.29, 1.82) is 5.26 Å². The predicted octanol–water partition coefficient (Wildman–Crippen LogP) is 1.40. The number of hydrogen-bond donors (Lipinski definition) is 0. The molecule has 2 amide bonds. The van der Waals surface area contributed by atoms with Crippen molar-refractivity contribution < 1.29 is 9.59 Å². The van der Waals surface area contributed by atoms with Crippen molar-refractivity contribution in [2.24, 2.45) is 7.05 Å². The molecular formula is C14H10N4O2. The second kappa shape index (κ2) is 4.03. The zero-order valence-corrected chi connectivity index (χ0v) is 10.9. The Morgan fingerprint density at radius 2 is 1.90 bits per heavy atom. The summed E-state index contributed by atoms with van der Waals surface area (Å²) in [5, 5.41) is 13.1. The van der Waals surface area contributed by atoms with Crippen LogP contribution in [0, 0.1) is 18.3 Å². The van der Waals surface area contributed by atoms with E-state index < -0.39 is 11.8 Å². The molecule has 0 aliphatic carbocycles. The Morgan fingerprint density at radius 3 is 2.60 bits per heavy atom. The zero-order chi connectivity index (χ0) is 14.4. The minimum atomic E-state index is -0.444. The van der Waals surface area contributed by atoms with Crippen molar-refractivity contribution in [1.82, 2.24) is 9.78 Å². The summed E-state index contributed by atoms with van der Waals surface area (Å²) >= 11 is 0. The van der Waals surface area contributed by atoms with Gasteiger partial charge >= 0.3 is 0 Å². The summed E-state index contributed by atoms with van der Waals surface area (Å²) in [5.41, 5.74) is 1.78. The summed E-state index contributed by atoms with van der Waals surface area (Å²) in [6.07, 6.45) is 1.48. The van der Waals surface area contributed by atoms with Crippen molar-refractivity contribution in [3.05, 3.63) is 46.6 Å². The van der Waals surface area contributed by atoms with Gasteiger partial charge in [-0.2, -0.15) is 10.4 Å². The molecule has 0 radical (unpaired) electrons. The van der Waals surface area contributed by atoms with Gasteiger partial charge in [-0.05, 0) is 19.1 Å². The van der Waals surface area contributed by atoms with Crippen LogP contribution in [-0.4, -0.2) is 21.6 Å². The highest BCUT2D eigenvalue weighted by atomic mass is 16.2. The molecule has 0 fully saturated rings. The molecule has 6 heteroatoms. The first-order chi connectivity index (χ1) is 9.52. The second-order valence-electron chi connectivity index (χ2n) is 4.65. The van der Waals surface area contributed by atoms with Gasteiger partial charge in [0.25, 0.3) is 11.8 Å². The molecule has 20 heavy (non-hydrogen) atoms. The lowest BCUT2D eigenvalue weighted by Gasteiger charge is -2.10. The number of anilines is 1. The van der Waals surface area contributed by atoms with Gasteiger partial charge in [0.1, 0.15) is 11.6 Å². The number of hydrogen-bond acceptors (Lipinski definition) is 4. The Kier molecular flexibility index (Phi) is 2.44. The highest BCUT2D eigenvalue weighted by Crippen LogP contribution is 2.29. The van der Waals surface area contributed by atoms with Gasteiger partial charge in [-0.15, -0.1) is 0 Å². The number of benzene rings is 1. The molecule has 0 saturated heterocycles. The van der Waals surface area contributed by atoms with Crippen LogP contribution in [0.1, 0.15) is 31.8 Å². The van der Waals surface area contributed by atoms with Crippen LogP contribution in [-0.2, 0) is 7.05 Å². The third kappa shape index (κ3) is 1.53. The highest BCUT2D eigenvalue weighted by molar-refractivity contribution is 6.34. The number of imide groups is 1. The number of nitriles is 1. The van der Waals surface area contributed by atoms with E-state index in [2.05, 4.69) is 5.10 Å². The van der Waals surface area contributed by atoms with Crippen LogP contribution < -0.4 is 4.90 Å². The average molecular weight is 266 g/mol. The molecule has 0 bridgehead atoms. The first kappa shape index (κ1) is 12.1. The van der Waals surface area contributed by atoms with Crippen LogP contribution in [0.2, 0.25) is 0 Å². The third-order valence-electron chi connectivity index (χ3n) is 3.18. The van der Waals surface area contributed by atoms with Crippen LogP contribution in [0.3, 0.4) is 0 Å². The number of rotatable bonds is 1. The Morgan fingerprint density at radius 1 is 1.20 bits per heavy atom. The fourth-order valence-corrected chi connectivity index (χ4v) is 2.27. The monoisotopic (exact) mass is 266 g/mol. The van der Waals surface area contributed by atoms with E-state index in [1.165, 1.54) is 10.9 Å². The van der Waals surface area contributed by atoms with E-state index in [-0.39, 0.29) is 11.4 Å². The number of aryl methyl sites for hydroxylation is 2. The number of nitrogens with zero attached hydrogens (tertiary/aromatic N) is 4. The quantitative estimate of drug-likeness (QED) is 0.731. The second-order valence-corrected chi connectivity index (χ2v) is 4.65. The third-order valence-corrected chi connectivity index (χ3v) is 3.18. The number of aromatic nitrogens is 2. The Labute approximate surface area is 114 Å². The SMILES string of the molecule is Cc1ccc2c(c1)C(=O)N(c1nn(C)cc1C#N)C2=O. The van der Waals surface area contributed by atoms with Crippen LogP contribution >= 0.6 is 0 Å². The van der Waals surface area contributed by atoms with Crippen LogP contribution in [0.4, 0.5) is 5.82 Å². The Balaban J connectivity index is 2.17. The molecule has 3 rings (SSSR count). The molecule has 1 aromatic carbocycles. The van der Waals surface area contributed by atoms with Crippen LogP contribution in [0.25, 0.3) is 0 Å². The van der Waals surface area contributed by atoms with Gasteiger partial charge < -0.3 is 0 Å². The first-order valence-electron chi connectivity index (χ1n) is 5.96. The maximum atomic E-state index is 12.4. The van der Waals surface area contributed by atoms with E-state index in [1.54, 1.807) is 25.2 Å². The first-order valence-corrected chi connectivity index (χ1v) is 5.96. The topological polar surface area (TPSA) is 79.0 Å². The highest BCUT2D eigenvalue weighted by Gasteiger charge is 2.39. The summed E-state index contributed by atoms with van der Waals surface area (Å²) in [6, 6.07) is 7.01. The van der Waals surface area contributed by atoms with Gasteiger partial charge in [0.2, 0.25) is 0 Å². The minimum Gasteiger partial charge on any atom is -0.272 e. The Hall–Kier alpha value is -2.94. The van der Waals surface area contributed by atoms with E-state index in [0.717, 1.165) is 10.5 Å². The maximum absolute atomic E-state index is 12.4. The molecule has 2 heterocycles. The molecule has 0 saturated carbocycles. The normalized spacial score (nSPS) is 13.6. The summed E-state index contributed by atoms with van der Waals surface area (Å²) in [7, 11) is 1.63. The standard InChI is InChI=1S/C14H10N4O2/c1-8-3-4-10-11(5-8)14(20)18(13(10)19)12-9(6-15)7-17(2)16-12/h3-5,7H,1-2H3. The molecule has 0 unspecified atom stereocenters. The predicted molar refractivity (Wildman–Crippen MR) is 70.2 cm³/mol. The summed E-state index contributed by atoms with van der Waals surface area (Å²) in [6.45, 7) is 1.85. The number of carbonyl (C=O) groups is 2. The van der Waals surface area contributed by atoms with Crippen molar-refractivity contribution in [2.45, 2.75) is 6.92 Å². The molecule has 0 spiro atoms. The van der Waals surface area contributed by atoms with Gasteiger partial charge in [0.05, 0.1) is 11.1 Å². The lowest BCUT2D eigenvalue weighted by molar-refractivity contribution is 0.0925. The molecule has 1 aromatic heterocycles. The summed E-state index contributed by atoms with van der Waals surface area (Å²) in [5.74, 6) is -0.803. The summed E-state index contributed by atoms with van der Waals surface area (Å²) < 4.78 is 1.41. The fourth-order valence-electron chi connectivity index (χ4n) is 2.27. The van der Waals surface area contributed by atoms with Crippen molar-refractivity contribution >= 4 is 17.6 Å². The minimum absolute atomic E-state index is 0.0823. The fraction of sp³-hybridized carbons (Fsp3) is 0.143. The zero-order valence-electron chi connectivity index (χ0n) is 10.9. The number of carbonyl (C=O) groups excluding carboxylic acids is 2. The summed E-state index contributed by atoms with van der Waals surface area (Å²) in [4.78, 5) is 25.7. The van der Waals surface area contributed by atoms with Gasteiger partial charge in [-0.3, -0.25) is 14.3 Å². The van der Waals surface area contributed by atoms with Crippen molar-refractivity contribution in [3.63, 3.8) is 0 Å². The van der Waals surface area contributed by atoms with E-state index in [1.807, 2.05) is 13.0 Å². The molecule has 0 atom stereocenters. The van der Waals surface area contributed by atoms with Gasteiger partial charge in [-0.25, -0.2) is 4.90 Å². The van der Waals surface area contributed by atoms with Gasteiger partial charge in [0, 0.05) is 13.2 Å². The van der Waals surface area contributed by atoms with E-state index >= 15 is 0 Å². The smallest absolute Gasteiger partial charge is 0.267 e. The number of fused-ring (bicyclic) bond motifs is 1. The molecule has 6 nitrogen and oxygen atoms in total. The molecule has 1 aliphatic rings. The lowest BCUT2D eigenvalue weighted by atomic mass is 10.1. The van der Waals surface area contributed by atoms with Crippen LogP contribution in [0.5, 0.6) is 0 Å². The largest absolute Gasteiger partial charge is 0.272 e. The number of amides is 2. The molecule has 1 aliphatic heterocycles. The van der Waals surface area contributed by atoms with E-state index in [0.29, 0.717) is 11.1 Å². The average Bonchev–Trinajstić information content (AvgIpc) is 2.89. The molecule has 2 aromatic rings. The maximum Gasteiger partial charge on any atom is 0.267 e. The van der Waals surface area contributed by atoms with Gasteiger partial charge in [0.15, 0.2) is 5.82 Å². The van der Waals surface area contributed by atoms with Crippen molar-refractivity contribution in [2.75, 3.05) is 4.90 Å². The lowest BCUT2D eigenvalue weighted by Crippen LogP contribution is -2.30. The molecule has 98 valence electrons. The van der Waals surface area contributed by atoms with E-state index in [9.17, 15) is 9.59 Å². The Bertz CT molecular complexity index is 798. The molecule has 0 N–H and O–H groups in total.